The molecule has 0 fully saturated rings. The molecule has 0 spiro atoms. The van der Waals surface area contributed by atoms with Crippen LogP contribution in [0.3, 0.4) is 0 Å². The van der Waals surface area contributed by atoms with Crippen molar-refractivity contribution < 1.29 is 4.74 Å². The molecule has 1 aromatic carbocycles. The molecule has 100 valence electrons. The lowest BCUT2D eigenvalue weighted by atomic mass is 10.2. The van der Waals surface area contributed by atoms with Gasteiger partial charge in [0.15, 0.2) is 0 Å². The normalized spacial score (nSPS) is 10.3. The van der Waals surface area contributed by atoms with Crippen LogP contribution in [0.15, 0.2) is 42.5 Å². The molecule has 1 N–H and O–H groups in total. The standard InChI is InChI=1S/C15H19N3O/c1-16-11-12-7-6-10-15(17-12)18(2)13-8-4-5-9-14(13)19-3/h4-10,16H,11H2,1-3H3. The highest BCUT2D eigenvalue weighted by atomic mass is 16.5. The highest BCUT2D eigenvalue weighted by Gasteiger charge is 2.10. The molecule has 1 heterocycles. The van der Waals surface area contributed by atoms with Crippen LogP contribution in [-0.2, 0) is 6.54 Å². The molecule has 19 heavy (non-hydrogen) atoms. The number of benzene rings is 1. The average molecular weight is 257 g/mol. The molecule has 0 aliphatic rings. The zero-order chi connectivity index (χ0) is 13.7. The number of para-hydroxylation sites is 2. The number of methoxy groups -OCH3 is 1. The largest absolute Gasteiger partial charge is 0.495 e. The quantitative estimate of drug-likeness (QED) is 0.893. The molecule has 2 aromatic rings. The van der Waals surface area contributed by atoms with Gasteiger partial charge in [0, 0.05) is 13.6 Å². The molecule has 0 unspecified atom stereocenters. The van der Waals surface area contributed by atoms with Crippen LogP contribution in [0.25, 0.3) is 0 Å². The number of pyridine rings is 1. The van der Waals surface area contributed by atoms with Crippen LogP contribution in [0.1, 0.15) is 5.69 Å². The summed E-state index contributed by atoms with van der Waals surface area (Å²) in [6, 6.07) is 13.9. The second kappa shape index (κ2) is 6.20. The van der Waals surface area contributed by atoms with Gasteiger partial charge in [0.05, 0.1) is 18.5 Å². The van der Waals surface area contributed by atoms with E-state index in [9.17, 15) is 0 Å². The van der Waals surface area contributed by atoms with Gasteiger partial charge in [-0.05, 0) is 31.3 Å². The van der Waals surface area contributed by atoms with Crippen molar-refractivity contribution in [2.24, 2.45) is 0 Å². The Labute approximate surface area is 114 Å². The van der Waals surface area contributed by atoms with Gasteiger partial charge in [0.25, 0.3) is 0 Å². The number of aromatic nitrogens is 1. The maximum absolute atomic E-state index is 5.38. The van der Waals surface area contributed by atoms with Crippen LogP contribution in [0.4, 0.5) is 11.5 Å². The maximum atomic E-state index is 5.38. The Balaban J connectivity index is 2.32. The molecule has 0 amide bonds. The lowest BCUT2D eigenvalue weighted by Crippen LogP contribution is -2.14. The van der Waals surface area contributed by atoms with Crippen molar-refractivity contribution in [3.05, 3.63) is 48.2 Å². The summed E-state index contributed by atoms with van der Waals surface area (Å²) >= 11 is 0. The van der Waals surface area contributed by atoms with E-state index in [0.29, 0.717) is 0 Å². The third-order valence-corrected chi connectivity index (χ3v) is 2.94. The van der Waals surface area contributed by atoms with E-state index in [1.165, 1.54) is 0 Å². The average Bonchev–Trinajstić information content (AvgIpc) is 2.47. The van der Waals surface area contributed by atoms with Crippen LogP contribution in [0.5, 0.6) is 5.75 Å². The number of rotatable bonds is 5. The minimum atomic E-state index is 0.758. The van der Waals surface area contributed by atoms with Gasteiger partial charge in [-0.3, -0.25) is 0 Å². The highest BCUT2D eigenvalue weighted by Crippen LogP contribution is 2.31. The van der Waals surface area contributed by atoms with E-state index in [4.69, 9.17) is 4.74 Å². The van der Waals surface area contributed by atoms with Crippen LogP contribution in [0, 0.1) is 0 Å². The van der Waals surface area contributed by atoms with Gasteiger partial charge >= 0.3 is 0 Å². The predicted octanol–water partition coefficient (Wildman–Crippen LogP) is 2.58. The van der Waals surface area contributed by atoms with Gasteiger partial charge in [-0.2, -0.15) is 0 Å². The number of nitrogens with zero attached hydrogens (tertiary/aromatic N) is 2. The Morgan fingerprint density at radius 3 is 2.68 bits per heavy atom. The third-order valence-electron chi connectivity index (χ3n) is 2.94. The van der Waals surface area contributed by atoms with Crippen molar-refractivity contribution in [2.45, 2.75) is 6.54 Å². The van der Waals surface area contributed by atoms with Crippen molar-refractivity contribution in [1.29, 1.82) is 0 Å². The lowest BCUT2D eigenvalue weighted by molar-refractivity contribution is 0.415. The second-order valence-electron chi connectivity index (χ2n) is 4.25. The van der Waals surface area contributed by atoms with Crippen LogP contribution in [-0.4, -0.2) is 26.2 Å². The van der Waals surface area contributed by atoms with E-state index in [-0.39, 0.29) is 0 Å². The van der Waals surface area contributed by atoms with Crippen LogP contribution in [0.2, 0.25) is 0 Å². The molecule has 2 rings (SSSR count). The number of hydrogen-bond acceptors (Lipinski definition) is 4. The maximum Gasteiger partial charge on any atom is 0.142 e. The van der Waals surface area contributed by atoms with Crippen molar-refractivity contribution in [2.75, 3.05) is 26.1 Å². The van der Waals surface area contributed by atoms with E-state index in [2.05, 4.69) is 10.3 Å². The summed E-state index contributed by atoms with van der Waals surface area (Å²) in [6.45, 7) is 0.758. The third kappa shape index (κ3) is 3.03. The fourth-order valence-corrected chi connectivity index (χ4v) is 1.96. The number of anilines is 2. The van der Waals surface area contributed by atoms with Crippen LogP contribution >= 0.6 is 0 Å². The SMILES string of the molecule is CNCc1cccc(N(C)c2ccccc2OC)n1. The van der Waals surface area contributed by atoms with E-state index in [0.717, 1.165) is 29.5 Å². The first-order valence-electron chi connectivity index (χ1n) is 6.23. The molecule has 4 heteroatoms. The number of ether oxygens (including phenoxy) is 1. The summed E-state index contributed by atoms with van der Waals surface area (Å²) in [4.78, 5) is 6.65. The minimum Gasteiger partial charge on any atom is -0.495 e. The first-order valence-corrected chi connectivity index (χ1v) is 6.23. The van der Waals surface area contributed by atoms with Gasteiger partial charge in [-0.25, -0.2) is 4.98 Å². The molecule has 0 aliphatic heterocycles. The first-order chi connectivity index (χ1) is 9.26. The Kier molecular flexibility index (Phi) is 4.36. The smallest absolute Gasteiger partial charge is 0.142 e. The van der Waals surface area contributed by atoms with Gasteiger partial charge in [-0.15, -0.1) is 0 Å². The predicted molar refractivity (Wildman–Crippen MR) is 78.1 cm³/mol. The van der Waals surface area contributed by atoms with Gasteiger partial charge in [0.2, 0.25) is 0 Å². The molecule has 1 aromatic heterocycles. The molecule has 0 saturated carbocycles. The van der Waals surface area contributed by atoms with Gasteiger partial charge < -0.3 is 15.0 Å². The molecular weight excluding hydrogens is 238 g/mol. The first kappa shape index (κ1) is 13.4. The molecule has 0 aliphatic carbocycles. The monoisotopic (exact) mass is 257 g/mol. The zero-order valence-electron chi connectivity index (χ0n) is 11.6. The second-order valence-corrected chi connectivity index (χ2v) is 4.25. The van der Waals surface area contributed by atoms with E-state index >= 15 is 0 Å². The van der Waals surface area contributed by atoms with Crippen molar-refractivity contribution in [3.8, 4) is 5.75 Å². The number of hydrogen-bond donors (Lipinski definition) is 1. The Bertz CT molecular complexity index is 542. The summed E-state index contributed by atoms with van der Waals surface area (Å²) in [5, 5.41) is 3.11. The molecule has 0 bridgehead atoms. The number of nitrogens with one attached hydrogen (secondary N) is 1. The minimum absolute atomic E-state index is 0.758. The van der Waals surface area contributed by atoms with E-state index < -0.39 is 0 Å². The molecule has 4 nitrogen and oxygen atoms in total. The fraction of sp³-hybridized carbons (Fsp3) is 0.267. The van der Waals surface area contributed by atoms with Crippen molar-refractivity contribution in [1.82, 2.24) is 10.3 Å². The van der Waals surface area contributed by atoms with Gasteiger partial charge in [0.1, 0.15) is 11.6 Å². The Hall–Kier alpha value is -2.07. The summed E-state index contributed by atoms with van der Waals surface area (Å²) in [5.41, 5.74) is 2.01. The van der Waals surface area contributed by atoms with Crippen LogP contribution < -0.4 is 15.0 Å². The topological polar surface area (TPSA) is 37.4 Å². The van der Waals surface area contributed by atoms with E-state index in [1.54, 1.807) is 7.11 Å². The summed E-state index contributed by atoms with van der Waals surface area (Å²) < 4.78 is 5.38. The lowest BCUT2D eigenvalue weighted by Gasteiger charge is -2.21. The molecule has 0 saturated heterocycles. The molecule has 0 radical (unpaired) electrons. The molecule has 0 atom stereocenters. The fourth-order valence-electron chi connectivity index (χ4n) is 1.96. The zero-order valence-corrected chi connectivity index (χ0v) is 11.6. The Morgan fingerprint density at radius 1 is 1.16 bits per heavy atom. The van der Waals surface area contributed by atoms with Crippen molar-refractivity contribution in [3.63, 3.8) is 0 Å². The molecular formula is C15H19N3O. The van der Waals surface area contributed by atoms with Gasteiger partial charge in [-0.1, -0.05) is 18.2 Å². The highest BCUT2D eigenvalue weighted by molar-refractivity contribution is 5.66. The summed E-state index contributed by atoms with van der Waals surface area (Å²) in [6.07, 6.45) is 0. The summed E-state index contributed by atoms with van der Waals surface area (Å²) in [5.74, 6) is 1.74. The summed E-state index contributed by atoms with van der Waals surface area (Å²) in [7, 11) is 5.58. The van der Waals surface area contributed by atoms with Crippen molar-refractivity contribution >= 4 is 11.5 Å². The van der Waals surface area contributed by atoms with E-state index in [1.807, 2.05) is 61.5 Å². The Morgan fingerprint density at radius 2 is 1.95 bits per heavy atom.